The first-order valence-corrected chi connectivity index (χ1v) is 4.32. The Hall–Kier alpha value is -0.280. The van der Waals surface area contributed by atoms with Crippen molar-refractivity contribution >= 4 is 36.1 Å². The second kappa shape index (κ2) is 3.21. The van der Waals surface area contributed by atoms with E-state index in [-0.39, 0.29) is 0 Å². The zero-order valence-electron chi connectivity index (χ0n) is 5.96. The standard InChI is InChI=1S/C7H9NS2/c1-3-5-6(4-2)10-7(9)8-5/h3-4H,1-2H3,(H,8,9)/b5-3+,6-4+. The highest BCUT2D eigenvalue weighted by Gasteiger charge is 1.90. The Morgan fingerprint density at radius 2 is 2.10 bits per heavy atom. The molecule has 10 heavy (non-hydrogen) atoms. The SMILES string of the molecule is C/C=c1/nc(S)s/c1=C/C. The molecule has 0 radical (unpaired) electrons. The molecule has 0 aliphatic carbocycles. The van der Waals surface area contributed by atoms with Gasteiger partial charge in [0.25, 0.3) is 0 Å². The van der Waals surface area contributed by atoms with Crippen molar-refractivity contribution in [3.8, 4) is 0 Å². The van der Waals surface area contributed by atoms with E-state index in [0.29, 0.717) is 0 Å². The minimum absolute atomic E-state index is 0.834. The lowest BCUT2D eigenvalue weighted by molar-refractivity contribution is 1.19. The lowest BCUT2D eigenvalue weighted by Gasteiger charge is -1.69. The second-order valence-electron chi connectivity index (χ2n) is 1.82. The summed E-state index contributed by atoms with van der Waals surface area (Å²) in [4.78, 5) is 4.20. The number of hydrogen-bond donors (Lipinski definition) is 1. The number of thiazole rings is 1. The van der Waals surface area contributed by atoms with E-state index in [1.807, 2.05) is 26.0 Å². The third-order valence-corrected chi connectivity index (χ3v) is 2.52. The zero-order chi connectivity index (χ0) is 7.56. The molecule has 0 saturated heterocycles. The van der Waals surface area contributed by atoms with Crippen molar-refractivity contribution in [2.24, 2.45) is 0 Å². The molecule has 0 spiro atoms. The Bertz CT molecular complexity index is 292. The summed E-state index contributed by atoms with van der Waals surface area (Å²) in [6, 6.07) is 0. The molecule has 1 aromatic rings. The van der Waals surface area contributed by atoms with Crippen LogP contribution in [0.1, 0.15) is 13.8 Å². The van der Waals surface area contributed by atoms with Crippen LogP contribution in [-0.4, -0.2) is 4.98 Å². The maximum absolute atomic E-state index is 4.20. The van der Waals surface area contributed by atoms with Crippen molar-refractivity contribution in [3.63, 3.8) is 0 Å². The Labute approximate surface area is 69.5 Å². The monoisotopic (exact) mass is 171 g/mol. The Morgan fingerprint density at radius 1 is 1.40 bits per heavy atom. The first-order valence-electron chi connectivity index (χ1n) is 3.06. The Kier molecular flexibility index (Phi) is 2.51. The Morgan fingerprint density at radius 3 is 2.50 bits per heavy atom. The minimum Gasteiger partial charge on any atom is -0.230 e. The van der Waals surface area contributed by atoms with E-state index in [1.165, 1.54) is 4.53 Å². The predicted octanol–water partition coefficient (Wildman–Crippen LogP) is 1.03. The largest absolute Gasteiger partial charge is 0.230 e. The van der Waals surface area contributed by atoms with Crippen molar-refractivity contribution in [1.82, 2.24) is 4.98 Å². The third-order valence-electron chi connectivity index (χ3n) is 1.21. The van der Waals surface area contributed by atoms with E-state index in [0.717, 1.165) is 9.69 Å². The van der Waals surface area contributed by atoms with Gasteiger partial charge in [-0.15, -0.1) is 24.0 Å². The lowest BCUT2D eigenvalue weighted by atomic mass is 10.5. The Balaban J connectivity index is 3.53. The first kappa shape index (κ1) is 7.82. The molecule has 1 rings (SSSR count). The van der Waals surface area contributed by atoms with Gasteiger partial charge in [-0.3, -0.25) is 0 Å². The number of rotatable bonds is 0. The molecule has 0 aliphatic heterocycles. The van der Waals surface area contributed by atoms with Crippen LogP contribution in [0, 0.1) is 0 Å². The van der Waals surface area contributed by atoms with Gasteiger partial charge in [0.05, 0.1) is 9.88 Å². The summed E-state index contributed by atoms with van der Waals surface area (Å²) in [5.41, 5.74) is 0. The van der Waals surface area contributed by atoms with Gasteiger partial charge >= 0.3 is 0 Å². The van der Waals surface area contributed by atoms with Gasteiger partial charge in [-0.2, -0.15) is 0 Å². The predicted molar refractivity (Wildman–Crippen MR) is 48.9 cm³/mol. The van der Waals surface area contributed by atoms with Gasteiger partial charge in [-0.25, -0.2) is 4.98 Å². The highest BCUT2D eigenvalue weighted by molar-refractivity contribution is 7.82. The van der Waals surface area contributed by atoms with Crippen LogP contribution in [-0.2, 0) is 0 Å². The molecule has 0 fully saturated rings. The highest BCUT2D eigenvalue weighted by atomic mass is 32.2. The van der Waals surface area contributed by atoms with Crippen LogP contribution in [0.5, 0.6) is 0 Å². The van der Waals surface area contributed by atoms with Gasteiger partial charge in [-0.1, -0.05) is 12.2 Å². The average Bonchev–Trinajstić information content (AvgIpc) is 2.30. The first-order chi connectivity index (χ1) is 4.77. The molecule has 0 N–H and O–H groups in total. The molecule has 0 aliphatic rings. The summed E-state index contributed by atoms with van der Waals surface area (Å²) in [5.74, 6) is 0. The smallest absolute Gasteiger partial charge is 0.148 e. The molecule has 54 valence electrons. The van der Waals surface area contributed by atoms with Crippen molar-refractivity contribution in [1.29, 1.82) is 0 Å². The van der Waals surface area contributed by atoms with E-state index < -0.39 is 0 Å². The number of nitrogens with zero attached hydrogens (tertiary/aromatic N) is 1. The molecule has 1 nitrogen and oxygen atoms in total. The van der Waals surface area contributed by atoms with E-state index in [1.54, 1.807) is 11.3 Å². The number of thiol groups is 1. The molecule has 0 unspecified atom stereocenters. The lowest BCUT2D eigenvalue weighted by Crippen LogP contribution is -2.19. The van der Waals surface area contributed by atoms with Crippen LogP contribution in [0.3, 0.4) is 0 Å². The van der Waals surface area contributed by atoms with Gasteiger partial charge in [0.1, 0.15) is 4.34 Å². The van der Waals surface area contributed by atoms with Crippen molar-refractivity contribution in [3.05, 3.63) is 9.88 Å². The van der Waals surface area contributed by atoms with Crippen molar-refractivity contribution in [2.45, 2.75) is 18.2 Å². The summed E-state index contributed by atoms with van der Waals surface area (Å²) in [7, 11) is 0. The summed E-state index contributed by atoms with van der Waals surface area (Å²) in [6.45, 7) is 3.99. The number of aromatic nitrogens is 1. The fourth-order valence-corrected chi connectivity index (χ4v) is 1.87. The molecule has 0 atom stereocenters. The van der Waals surface area contributed by atoms with Gasteiger partial charge in [0.15, 0.2) is 0 Å². The molecular formula is C7H9NS2. The zero-order valence-corrected chi connectivity index (χ0v) is 7.67. The molecule has 1 aromatic heterocycles. The van der Waals surface area contributed by atoms with Crippen LogP contribution >= 0.6 is 24.0 Å². The fraction of sp³-hybridized carbons (Fsp3) is 0.286. The molecule has 0 aromatic carbocycles. The van der Waals surface area contributed by atoms with Crippen LogP contribution in [0.2, 0.25) is 0 Å². The number of hydrogen-bond acceptors (Lipinski definition) is 3. The summed E-state index contributed by atoms with van der Waals surface area (Å²) < 4.78 is 2.04. The maximum atomic E-state index is 4.20. The van der Waals surface area contributed by atoms with E-state index in [2.05, 4.69) is 17.6 Å². The van der Waals surface area contributed by atoms with Gasteiger partial charge < -0.3 is 0 Å². The molecule has 0 bridgehead atoms. The third kappa shape index (κ3) is 1.41. The quantitative estimate of drug-likeness (QED) is 0.575. The van der Waals surface area contributed by atoms with E-state index in [4.69, 9.17) is 0 Å². The van der Waals surface area contributed by atoms with Crippen LogP contribution in [0.4, 0.5) is 0 Å². The summed E-state index contributed by atoms with van der Waals surface area (Å²) in [6.07, 6.45) is 4.04. The summed E-state index contributed by atoms with van der Waals surface area (Å²) in [5, 5.41) is 1.04. The maximum Gasteiger partial charge on any atom is 0.148 e. The molecular weight excluding hydrogens is 162 g/mol. The van der Waals surface area contributed by atoms with Crippen molar-refractivity contribution < 1.29 is 0 Å². The van der Waals surface area contributed by atoms with Crippen LogP contribution in [0.25, 0.3) is 12.2 Å². The second-order valence-corrected chi connectivity index (χ2v) is 3.58. The van der Waals surface area contributed by atoms with Gasteiger partial charge in [0.2, 0.25) is 0 Å². The normalized spacial score (nSPS) is 14.7. The van der Waals surface area contributed by atoms with Crippen LogP contribution < -0.4 is 9.88 Å². The van der Waals surface area contributed by atoms with E-state index in [9.17, 15) is 0 Å². The molecule has 3 heteroatoms. The molecule has 0 amide bonds. The average molecular weight is 171 g/mol. The van der Waals surface area contributed by atoms with E-state index >= 15 is 0 Å². The highest BCUT2D eigenvalue weighted by Crippen LogP contribution is 1.99. The topological polar surface area (TPSA) is 12.9 Å². The summed E-state index contributed by atoms with van der Waals surface area (Å²) >= 11 is 5.76. The van der Waals surface area contributed by atoms with Gasteiger partial charge in [-0.05, 0) is 13.8 Å². The minimum atomic E-state index is 0.834. The van der Waals surface area contributed by atoms with Crippen molar-refractivity contribution in [2.75, 3.05) is 0 Å². The van der Waals surface area contributed by atoms with Crippen LogP contribution in [0.15, 0.2) is 4.34 Å². The molecule has 0 saturated carbocycles. The van der Waals surface area contributed by atoms with Gasteiger partial charge in [0, 0.05) is 0 Å². The molecule has 1 heterocycles. The fourth-order valence-electron chi connectivity index (χ4n) is 0.745.